The number of hydrogen-bond acceptors (Lipinski definition) is 4. The van der Waals surface area contributed by atoms with Crippen molar-refractivity contribution in [3.8, 4) is 11.1 Å². The SMILES string of the molecule is CC(C)c1c(-c2cn[nH]c2)ccc2nc(N)nn12. The van der Waals surface area contributed by atoms with E-state index >= 15 is 0 Å². The Kier molecular flexibility index (Phi) is 2.29. The van der Waals surface area contributed by atoms with Gasteiger partial charge in [0.05, 0.1) is 11.9 Å². The molecule has 0 radical (unpaired) electrons. The quantitative estimate of drug-likeness (QED) is 0.717. The molecule has 3 aromatic heterocycles. The molecule has 0 aliphatic heterocycles. The van der Waals surface area contributed by atoms with Crippen LogP contribution in [0.15, 0.2) is 24.5 Å². The monoisotopic (exact) mass is 242 g/mol. The van der Waals surface area contributed by atoms with Crippen LogP contribution in [0, 0.1) is 0 Å². The second-order valence-electron chi connectivity index (χ2n) is 4.51. The van der Waals surface area contributed by atoms with Crippen molar-refractivity contribution in [1.29, 1.82) is 0 Å². The molecular weight excluding hydrogens is 228 g/mol. The maximum absolute atomic E-state index is 5.67. The summed E-state index contributed by atoms with van der Waals surface area (Å²) in [7, 11) is 0. The largest absolute Gasteiger partial charge is 0.366 e. The number of pyridine rings is 1. The zero-order chi connectivity index (χ0) is 12.7. The Hall–Kier alpha value is -2.37. The Morgan fingerprint density at radius 3 is 2.83 bits per heavy atom. The number of aromatic nitrogens is 5. The van der Waals surface area contributed by atoms with Gasteiger partial charge in [0.15, 0.2) is 5.65 Å². The van der Waals surface area contributed by atoms with Gasteiger partial charge in [-0.2, -0.15) is 10.1 Å². The van der Waals surface area contributed by atoms with Gasteiger partial charge in [0.2, 0.25) is 5.95 Å². The molecule has 3 N–H and O–H groups in total. The van der Waals surface area contributed by atoms with Gasteiger partial charge in [-0.25, -0.2) is 4.52 Å². The number of nitrogens with one attached hydrogen (secondary N) is 1. The smallest absolute Gasteiger partial charge is 0.240 e. The molecule has 92 valence electrons. The average molecular weight is 242 g/mol. The number of aromatic amines is 1. The van der Waals surface area contributed by atoms with E-state index in [1.54, 1.807) is 6.20 Å². The molecule has 3 aromatic rings. The van der Waals surface area contributed by atoms with Gasteiger partial charge in [0, 0.05) is 17.3 Å². The van der Waals surface area contributed by atoms with E-state index in [2.05, 4.69) is 34.1 Å². The molecule has 0 aromatic carbocycles. The summed E-state index contributed by atoms with van der Waals surface area (Å²) in [4.78, 5) is 4.18. The molecule has 3 heterocycles. The van der Waals surface area contributed by atoms with Crippen LogP contribution in [0.25, 0.3) is 16.8 Å². The lowest BCUT2D eigenvalue weighted by molar-refractivity contribution is 0.762. The summed E-state index contributed by atoms with van der Waals surface area (Å²) < 4.78 is 1.81. The van der Waals surface area contributed by atoms with Gasteiger partial charge < -0.3 is 5.73 Å². The van der Waals surface area contributed by atoms with Gasteiger partial charge in [-0.3, -0.25) is 5.10 Å². The third-order valence-electron chi connectivity index (χ3n) is 2.91. The second kappa shape index (κ2) is 3.83. The van der Waals surface area contributed by atoms with E-state index in [1.807, 2.05) is 22.8 Å². The molecule has 0 aliphatic carbocycles. The molecule has 0 bridgehead atoms. The Morgan fingerprint density at radius 1 is 1.33 bits per heavy atom. The van der Waals surface area contributed by atoms with Gasteiger partial charge in [-0.05, 0) is 18.1 Å². The highest BCUT2D eigenvalue weighted by molar-refractivity contribution is 5.67. The number of nitrogens with two attached hydrogens (primary N) is 1. The van der Waals surface area contributed by atoms with E-state index in [0.717, 1.165) is 22.5 Å². The fourth-order valence-corrected chi connectivity index (χ4v) is 2.18. The molecule has 0 aliphatic rings. The molecule has 0 amide bonds. The zero-order valence-corrected chi connectivity index (χ0v) is 10.3. The van der Waals surface area contributed by atoms with Crippen molar-refractivity contribution >= 4 is 11.6 Å². The Labute approximate surface area is 104 Å². The van der Waals surface area contributed by atoms with Gasteiger partial charge >= 0.3 is 0 Å². The van der Waals surface area contributed by atoms with Crippen molar-refractivity contribution in [2.45, 2.75) is 19.8 Å². The van der Waals surface area contributed by atoms with Crippen LogP contribution in [0.1, 0.15) is 25.5 Å². The van der Waals surface area contributed by atoms with Crippen LogP contribution in [-0.2, 0) is 0 Å². The van der Waals surface area contributed by atoms with E-state index in [-0.39, 0.29) is 0 Å². The molecule has 3 rings (SSSR count). The summed E-state index contributed by atoms with van der Waals surface area (Å²) in [5.74, 6) is 0.598. The van der Waals surface area contributed by atoms with E-state index in [9.17, 15) is 0 Å². The zero-order valence-electron chi connectivity index (χ0n) is 10.3. The van der Waals surface area contributed by atoms with Crippen molar-refractivity contribution in [3.63, 3.8) is 0 Å². The number of nitrogens with zero attached hydrogens (tertiary/aromatic N) is 4. The lowest BCUT2D eigenvalue weighted by Gasteiger charge is -2.12. The topological polar surface area (TPSA) is 84.9 Å². The number of rotatable bonds is 2. The molecule has 6 heteroatoms. The number of H-pyrrole nitrogens is 1. The van der Waals surface area contributed by atoms with Crippen molar-refractivity contribution in [3.05, 3.63) is 30.2 Å². The molecule has 0 fully saturated rings. The van der Waals surface area contributed by atoms with Crippen LogP contribution in [0.4, 0.5) is 5.95 Å². The first-order valence-electron chi connectivity index (χ1n) is 5.81. The first-order chi connectivity index (χ1) is 8.66. The summed E-state index contributed by atoms with van der Waals surface area (Å²) in [5.41, 5.74) is 9.65. The number of fused-ring (bicyclic) bond motifs is 1. The number of anilines is 1. The molecule has 0 unspecified atom stereocenters. The minimum absolute atomic E-state index is 0.293. The highest BCUT2D eigenvalue weighted by Gasteiger charge is 2.15. The highest BCUT2D eigenvalue weighted by atomic mass is 15.3. The van der Waals surface area contributed by atoms with E-state index in [4.69, 9.17) is 5.73 Å². The van der Waals surface area contributed by atoms with E-state index in [1.165, 1.54) is 0 Å². The predicted molar refractivity (Wildman–Crippen MR) is 69.1 cm³/mol. The summed E-state index contributed by atoms with van der Waals surface area (Å²) in [6.45, 7) is 4.24. The first kappa shape index (κ1) is 10.8. The fourth-order valence-electron chi connectivity index (χ4n) is 2.18. The third-order valence-corrected chi connectivity index (χ3v) is 2.91. The summed E-state index contributed by atoms with van der Waals surface area (Å²) in [6.07, 6.45) is 3.67. The normalized spacial score (nSPS) is 11.5. The van der Waals surface area contributed by atoms with Gasteiger partial charge in [-0.1, -0.05) is 13.8 Å². The van der Waals surface area contributed by atoms with Crippen molar-refractivity contribution < 1.29 is 0 Å². The van der Waals surface area contributed by atoms with Crippen LogP contribution in [0.2, 0.25) is 0 Å². The fraction of sp³-hybridized carbons (Fsp3) is 0.250. The Morgan fingerprint density at radius 2 is 2.17 bits per heavy atom. The Bertz CT molecular complexity index is 680. The van der Waals surface area contributed by atoms with Gasteiger partial charge in [0.25, 0.3) is 0 Å². The van der Waals surface area contributed by atoms with E-state index in [0.29, 0.717) is 11.9 Å². The van der Waals surface area contributed by atoms with Crippen molar-refractivity contribution in [2.75, 3.05) is 5.73 Å². The summed E-state index contributed by atoms with van der Waals surface area (Å²) in [6, 6.07) is 3.95. The van der Waals surface area contributed by atoms with Crippen LogP contribution < -0.4 is 5.73 Å². The number of nitrogen functional groups attached to an aromatic ring is 1. The molecule has 0 saturated carbocycles. The second-order valence-corrected chi connectivity index (χ2v) is 4.51. The molecule has 18 heavy (non-hydrogen) atoms. The summed E-state index contributed by atoms with van der Waals surface area (Å²) in [5, 5.41) is 11.1. The van der Waals surface area contributed by atoms with Crippen LogP contribution >= 0.6 is 0 Å². The molecule has 6 nitrogen and oxygen atoms in total. The van der Waals surface area contributed by atoms with Crippen molar-refractivity contribution in [1.82, 2.24) is 24.8 Å². The lowest BCUT2D eigenvalue weighted by Crippen LogP contribution is -2.03. The standard InChI is InChI=1S/C12H14N6/c1-7(2)11-9(8-5-14-15-6-8)3-4-10-16-12(13)17-18(10)11/h3-7H,1-2H3,(H2,13,17)(H,14,15). The van der Waals surface area contributed by atoms with Gasteiger partial charge in [0.1, 0.15) is 0 Å². The highest BCUT2D eigenvalue weighted by Crippen LogP contribution is 2.29. The van der Waals surface area contributed by atoms with Crippen LogP contribution in [0.3, 0.4) is 0 Å². The molecule has 0 spiro atoms. The lowest BCUT2D eigenvalue weighted by atomic mass is 10.00. The van der Waals surface area contributed by atoms with Crippen LogP contribution in [-0.4, -0.2) is 24.8 Å². The third kappa shape index (κ3) is 1.54. The number of hydrogen-bond donors (Lipinski definition) is 2. The minimum atomic E-state index is 0.293. The maximum atomic E-state index is 5.67. The average Bonchev–Trinajstić information content (AvgIpc) is 2.93. The van der Waals surface area contributed by atoms with E-state index < -0.39 is 0 Å². The first-order valence-corrected chi connectivity index (χ1v) is 5.81. The van der Waals surface area contributed by atoms with Gasteiger partial charge in [-0.15, -0.1) is 5.10 Å². The molecule has 0 atom stereocenters. The predicted octanol–water partition coefficient (Wildman–Crippen LogP) is 1.82. The van der Waals surface area contributed by atoms with Crippen molar-refractivity contribution in [2.24, 2.45) is 0 Å². The van der Waals surface area contributed by atoms with Crippen LogP contribution in [0.5, 0.6) is 0 Å². The minimum Gasteiger partial charge on any atom is -0.366 e. The maximum Gasteiger partial charge on any atom is 0.240 e. The molecular formula is C12H14N6. The molecule has 0 saturated heterocycles. The Balaban J connectivity index is 2.35. The summed E-state index contributed by atoms with van der Waals surface area (Å²) >= 11 is 0.